The molecule has 228 valence electrons. The number of carbonyl (C=O) groups is 1. The van der Waals surface area contributed by atoms with Gasteiger partial charge in [0.1, 0.15) is 29.5 Å². The van der Waals surface area contributed by atoms with Gasteiger partial charge in [0, 0.05) is 61.5 Å². The lowest BCUT2D eigenvalue weighted by Crippen LogP contribution is -2.50. The van der Waals surface area contributed by atoms with E-state index in [-0.39, 0.29) is 5.69 Å². The number of aryl methyl sites for hydroxylation is 1. The zero-order valence-corrected chi connectivity index (χ0v) is 25.3. The molecule has 1 aromatic carbocycles. The Morgan fingerprint density at radius 3 is 2.84 bits per heavy atom. The number of nitrogens with zero attached hydrogens (tertiary/aromatic N) is 7. The second kappa shape index (κ2) is 11.6. The molecule has 1 unspecified atom stereocenters. The van der Waals surface area contributed by atoms with Crippen molar-refractivity contribution in [1.29, 1.82) is 0 Å². The van der Waals surface area contributed by atoms with Crippen molar-refractivity contribution in [2.24, 2.45) is 0 Å². The molecule has 1 aliphatic heterocycles. The van der Waals surface area contributed by atoms with Crippen LogP contribution < -0.4 is 10.1 Å². The Labute approximate surface area is 255 Å². The summed E-state index contributed by atoms with van der Waals surface area (Å²) in [6, 6.07) is 13.3. The highest BCUT2D eigenvalue weighted by Gasteiger charge is 2.25. The predicted molar refractivity (Wildman–Crippen MR) is 167 cm³/mol. The number of hydrogen-bond acceptors (Lipinski definition) is 7. The monoisotopic (exact) mass is 596 g/mol. The minimum atomic E-state index is -0.526. The molecule has 1 N–H and O–H groups in total. The average Bonchev–Trinajstić information content (AvgIpc) is 3.71. The fourth-order valence-electron chi connectivity index (χ4n) is 6.04. The van der Waals surface area contributed by atoms with Gasteiger partial charge < -0.3 is 15.0 Å². The minimum absolute atomic E-state index is 0.101. The molecule has 44 heavy (non-hydrogen) atoms. The van der Waals surface area contributed by atoms with Crippen LogP contribution in [0.2, 0.25) is 0 Å². The number of imidazole rings is 1. The van der Waals surface area contributed by atoms with Crippen LogP contribution in [0.3, 0.4) is 0 Å². The van der Waals surface area contributed by atoms with E-state index in [9.17, 15) is 4.79 Å². The maximum absolute atomic E-state index is 15.2. The zero-order valence-electron chi connectivity index (χ0n) is 25.3. The van der Waals surface area contributed by atoms with Gasteiger partial charge in [-0.3, -0.25) is 23.8 Å². The summed E-state index contributed by atoms with van der Waals surface area (Å²) in [7, 11) is 2.16. The van der Waals surface area contributed by atoms with Gasteiger partial charge >= 0.3 is 0 Å². The fraction of sp³-hybridized carbons (Fsp3) is 0.394. The van der Waals surface area contributed by atoms with Crippen LogP contribution in [0.4, 0.5) is 10.1 Å². The van der Waals surface area contributed by atoms with E-state index in [0.717, 1.165) is 43.1 Å². The molecule has 1 amide bonds. The number of rotatable bonds is 9. The van der Waals surface area contributed by atoms with Gasteiger partial charge in [-0.15, -0.1) is 0 Å². The maximum Gasteiger partial charge on any atom is 0.274 e. The highest BCUT2D eigenvalue weighted by molar-refractivity contribution is 6.09. The summed E-state index contributed by atoms with van der Waals surface area (Å²) < 4.78 is 24.7. The molecule has 7 rings (SSSR count). The number of halogens is 1. The number of pyridine rings is 2. The van der Waals surface area contributed by atoms with E-state index in [4.69, 9.17) is 9.72 Å². The second-order valence-electron chi connectivity index (χ2n) is 12.1. The predicted octanol–water partition coefficient (Wildman–Crippen LogP) is 4.72. The van der Waals surface area contributed by atoms with Crippen LogP contribution in [0.1, 0.15) is 53.3 Å². The van der Waals surface area contributed by atoms with E-state index >= 15 is 4.39 Å². The molecule has 1 atom stereocenters. The van der Waals surface area contributed by atoms with E-state index in [0.29, 0.717) is 53.3 Å². The Hall–Kier alpha value is -4.35. The van der Waals surface area contributed by atoms with Crippen LogP contribution in [-0.2, 0) is 6.54 Å². The van der Waals surface area contributed by atoms with Crippen molar-refractivity contribution in [3.8, 4) is 5.75 Å². The first-order chi connectivity index (χ1) is 21.3. The Morgan fingerprint density at radius 2 is 2.02 bits per heavy atom. The van der Waals surface area contributed by atoms with Gasteiger partial charge in [0.05, 0.1) is 35.3 Å². The summed E-state index contributed by atoms with van der Waals surface area (Å²) in [4.78, 5) is 27.5. The van der Waals surface area contributed by atoms with Gasteiger partial charge in [0.15, 0.2) is 0 Å². The Balaban J connectivity index is 1.06. The van der Waals surface area contributed by atoms with E-state index in [2.05, 4.69) is 45.2 Å². The molecule has 4 aromatic heterocycles. The van der Waals surface area contributed by atoms with E-state index in [1.807, 2.05) is 35.9 Å². The summed E-state index contributed by atoms with van der Waals surface area (Å²) in [6.07, 6.45) is 5.61. The number of amides is 1. The van der Waals surface area contributed by atoms with Gasteiger partial charge in [-0.1, -0.05) is 6.07 Å². The zero-order chi connectivity index (χ0) is 30.4. The third-order valence-corrected chi connectivity index (χ3v) is 8.85. The van der Waals surface area contributed by atoms with Crippen molar-refractivity contribution in [1.82, 2.24) is 33.9 Å². The van der Waals surface area contributed by atoms with Crippen LogP contribution in [0.5, 0.6) is 5.75 Å². The summed E-state index contributed by atoms with van der Waals surface area (Å²) in [5.41, 5.74) is 4.33. The number of likely N-dealkylation sites (N-methyl/N-ethyl adjacent to an activating group) is 1. The van der Waals surface area contributed by atoms with Crippen molar-refractivity contribution >= 4 is 28.1 Å². The van der Waals surface area contributed by atoms with Crippen LogP contribution >= 0.6 is 0 Å². The van der Waals surface area contributed by atoms with Crippen LogP contribution in [-0.4, -0.2) is 85.7 Å². The molecule has 11 heteroatoms. The topological polar surface area (TPSA) is 92.8 Å². The maximum atomic E-state index is 15.2. The number of hydrogen-bond donors (Lipinski definition) is 1. The van der Waals surface area contributed by atoms with Crippen LogP contribution in [0.25, 0.3) is 16.6 Å². The summed E-state index contributed by atoms with van der Waals surface area (Å²) in [5, 5.41) is 8.06. The minimum Gasteiger partial charge on any atom is -0.492 e. The largest absolute Gasteiger partial charge is 0.492 e. The molecule has 0 bridgehead atoms. The van der Waals surface area contributed by atoms with Crippen LogP contribution in [0, 0.1) is 12.7 Å². The molecule has 1 saturated heterocycles. The Bertz CT molecular complexity index is 1840. The number of aromatic nitrogens is 5. The number of fused-ring (bicyclic) bond motifs is 2. The second-order valence-corrected chi connectivity index (χ2v) is 12.1. The average molecular weight is 597 g/mol. The molecule has 10 nitrogen and oxygen atoms in total. The molecule has 0 spiro atoms. The highest BCUT2D eigenvalue weighted by Crippen LogP contribution is 2.39. The number of benzene rings is 1. The lowest BCUT2D eigenvalue weighted by atomic mass is 10.1. The number of anilines is 1. The molecule has 5 heterocycles. The quantitative estimate of drug-likeness (QED) is 0.263. The molecular formula is C33H37FN8O2. The van der Waals surface area contributed by atoms with Crippen molar-refractivity contribution in [3.05, 3.63) is 83.5 Å². The third kappa shape index (κ3) is 5.65. The Kier molecular flexibility index (Phi) is 7.51. The molecule has 5 aromatic rings. The van der Waals surface area contributed by atoms with Crippen molar-refractivity contribution in [2.75, 3.05) is 45.2 Å². The van der Waals surface area contributed by atoms with Gasteiger partial charge in [-0.05, 0) is 64.1 Å². The summed E-state index contributed by atoms with van der Waals surface area (Å²) in [6.45, 7) is 9.04. The van der Waals surface area contributed by atoms with E-state index in [1.54, 1.807) is 16.7 Å². The summed E-state index contributed by atoms with van der Waals surface area (Å²) in [5.74, 6) is 0.249. The Morgan fingerprint density at radius 1 is 1.16 bits per heavy atom. The standard InChI is InChI=1S/C33H37FN8O2/c1-21-19-40(14-13-39(21)3)15-16-44-25-11-12-41-29(18-35-30(41)17-25)33(43)37-32-26(34)9-10-28-31(32)22(2)38-42(28)20-24-5-4-6-27(36-24)23-7-8-23/h4-6,9-12,17-18,21,23H,7-8,13-16,19-20H2,1-3H3,(H,37,43). The first-order valence-electron chi connectivity index (χ1n) is 15.3. The first-order valence-corrected chi connectivity index (χ1v) is 15.3. The highest BCUT2D eigenvalue weighted by atomic mass is 19.1. The van der Waals surface area contributed by atoms with Crippen molar-refractivity contribution in [3.63, 3.8) is 0 Å². The normalized spacial score (nSPS) is 17.9. The van der Waals surface area contributed by atoms with Gasteiger partial charge in [-0.25, -0.2) is 9.37 Å². The SMILES string of the molecule is Cc1nn(Cc2cccc(C3CC3)n2)c2ccc(F)c(NC(=O)c3cnc4cc(OCCN5CCN(C)C(C)C5)ccn34)c12. The molecule has 0 radical (unpaired) electrons. The fourth-order valence-corrected chi connectivity index (χ4v) is 6.04. The van der Waals surface area contributed by atoms with Crippen molar-refractivity contribution < 1.29 is 13.9 Å². The first kappa shape index (κ1) is 28.4. The number of ether oxygens (including phenoxy) is 1. The molecule has 2 aliphatic rings. The smallest absolute Gasteiger partial charge is 0.274 e. The van der Waals surface area contributed by atoms with E-state index in [1.165, 1.54) is 25.1 Å². The molecular weight excluding hydrogens is 559 g/mol. The third-order valence-electron chi connectivity index (χ3n) is 8.85. The van der Waals surface area contributed by atoms with Gasteiger partial charge in [0.25, 0.3) is 5.91 Å². The van der Waals surface area contributed by atoms with Gasteiger partial charge in [0.2, 0.25) is 0 Å². The summed E-state index contributed by atoms with van der Waals surface area (Å²) >= 11 is 0. The lowest BCUT2D eigenvalue weighted by molar-refractivity contribution is 0.0928. The lowest BCUT2D eigenvalue weighted by Gasteiger charge is -2.37. The van der Waals surface area contributed by atoms with Crippen LogP contribution in [0.15, 0.2) is 54.9 Å². The molecule has 1 saturated carbocycles. The number of nitrogens with one attached hydrogen (secondary N) is 1. The van der Waals surface area contributed by atoms with E-state index < -0.39 is 11.7 Å². The van der Waals surface area contributed by atoms with Gasteiger partial charge in [-0.2, -0.15) is 5.10 Å². The van der Waals surface area contributed by atoms with Crippen molar-refractivity contribution in [2.45, 2.75) is 45.2 Å². The molecule has 1 aliphatic carbocycles. The molecule has 2 fully saturated rings. The number of carbonyl (C=O) groups excluding carboxylic acids is 1. The number of piperazine rings is 1.